The predicted octanol–water partition coefficient (Wildman–Crippen LogP) is 4.34. The van der Waals surface area contributed by atoms with Crippen molar-refractivity contribution < 1.29 is 17.9 Å². The molecule has 0 amide bonds. The van der Waals surface area contributed by atoms with E-state index in [0.29, 0.717) is 24.6 Å². The fraction of sp³-hybridized carbons (Fsp3) is 0.650. The molecule has 2 aliphatic carbocycles. The Labute approximate surface area is 180 Å². The Bertz CT molecular complexity index is 704. The van der Waals surface area contributed by atoms with Gasteiger partial charge in [-0.05, 0) is 43.9 Å². The van der Waals surface area contributed by atoms with Crippen molar-refractivity contribution in [2.24, 2.45) is 16.3 Å². The molecule has 1 heterocycles. The molecule has 1 saturated heterocycles. The molecule has 2 N–H and O–H groups in total. The largest absolute Gasteiger partial charge is 0.416 e. The van der Waals surface area contributed by atoms with E-state index < -0.39 is 11.7 Å². The van der Waals surface area contributed by atoms with Gasteiger partial charge in [0.15, 0.2) is 5.96 Å². The first-order chi connectivity index (χ1) is 12.9. The molecular weight excluding hydrogens is 482 g/mol. The third-order valence-electron chi connectivity index (χ3n) is 6.37. The molecule has 1 spiro atoms. The Morgan fingerprint density at radius 1 is 1.25 bits per heavy atom. The molecule has 3 atom stereocenters. The summed E-state index contributed by atoms with van der Waals surface area (Å²) in [5.41, 5.74) is 0.384. The number of alkyl halides is 3. The molecule has 3 aliphatic rings. The number of hydrogen-bond acceptors (Lipinski definition) is 2. The molecule has 3 unspecified atom stereocenters. The van der Waals surface area contributed by atoms with Crippen LogP contribution in [0.3, 0.4) is 0 Å². The quantitative estimate of drug-likeness (QED) is 0.361. The van der Waals surface area contributed by atoms with Gasteiger partial charge in [0.25, 0.3) is 0 Å². The molecule has 8 heteroatoms. The lowest BCUT2D eigenvalue weighted by Gasteiger charge is -2.63. The van der Waals surface area contributed by atoms with Gasteiger partial charge in [-0.15, -0.1) is 24.0 Å². The maximum atomic E-state index is 12.7. The zero-order chi connectivity index (χ0) is 19.1. The molecule has 1 aromatic rings. The summed E-state index contributed by atoms with van der Waals surface area (Å²) in [6, 6.07) is 5.59. The molecule has 1 aliphatic heterocycles. The van der Waals surface area contributed by atoms with Gasteiger partial charge >= 0.3 is 6.18 Å². The van der Waals surface area contributed by atoms with Gasteiger partial charge in [-0.2, -0.15) is 13.2 Å². The normalized spacial score (nSPS) is 28.0. The summed E-state index contributed by atoms with van der Waals surface area (Å²) < 4.78 is 44.0. The first kappa shape index (κ1) is 21.7. The third kappa shape index (κ3) is 3.86. The SMILES string of the molecule is CCNC(=NCc1ccc(C(F)(F)F)cc1)NC1C2CCOC2C12CCC2.I. The molecule has 0 radical (unpaired) electrons. The summed E-state index contributed by atoms with van der Waals surface area (Å²) in [5.74, 6) is 1.28. The van der Waals surface area contributed by atoms with Gasteiger partial charge < -0.3 is 15.4 Å². The second-order valence-electron chi connectivity index (χ2n) is 7.84. The van der Waals surface area contributed by atoms with Gasteiger partial charge in [0, 0.05) is 30.5 Å². The van der Waals surface area contributed by atoms with Crippen LogP contribution in [0.5, 0.6) is 0 Å². The van der Waals surface area contributed by atoms with Crippen LogP contribution < -0.4 is 10.6 Å². The highest BCUT2D eigenvalue weighted by molar-refractivity contribution is 14.0. The molecule has 0 bridgehead atoms. The highest BCUT2D eigenvalue weighted by Crippen LogP contribution is 2.62. The van der Waals surface area contributed by atoms with Crippen molar-refractivity contribution >= 4 is 29.9 Å². The first-order valence-electron chi connectivity index (χ1n) is 9.76. The number of guanidine groups is 1. The number of fused-ring (bicyclic) bond motifs is 2. The van der Waals surface area contributed by atoms with Crippen molar-refractivity contribution in [1.82, 2.24) is 10.6 Å². The zero-order valence-corrected chi connectivity index (χ0v) is 18.2. The zero-order valence-electron chi connectivity index (χ0n) is 15.9. The summed E-state index contributed by atoms with van der Waals surface area (Å²) in [4.78, 5) is 4.61. The Morgan fingerprint density at radius 3 is 2.54 bits per heavy atom. The van der Waals surface area contributed by atoms with Crippen LogP contribution in [0, 0.1) is 11.3 Å². The number of rotatable bonds is 4. The minimum Gasteiger partial charge on any atom is -0.377 e. The Balaban J connectivity index is 0.00000225. The molecule has 2 saturated carbocycles. The van der Waals surface area contributed by atoms with Crippen LogP contribution in [0.1, 0.15) is 43.7 Å². The molecule has 4 nitrogen and oxygen atoms in total. The number of hydrogen-bond donors (Lipinski definition) is 2. The van der Waals surface area contributed by atoms with E-state index in [4.69, 9.17) is 4.74 Å². The van der Waals surface area contributed by atoms with Crippen molar-refractivity contribution in [3.63, 3.8) is 0 Å². The van der Waals surface area contributed by atoms with E-state index in [2.05, 4.69) is 15.6 Å². The predicted molar refractivity (Wildman–Crippen MR) is 113 cm³/mol. The average molecular weight is 509 g/mol. The number of aliphatic imine (C=N–C) groups is 1. The molecule has 156 valence electrons. The van der Waals surface area contributed by atoms with Crippen LogP contribution >= 0.6 is 24.0 Å². The lowest BCUT2D eigenvalue weighted by molar-refractivity contribution is -0.171. The highest BCUT2D eigenvalue weighted by atomic mass is 127. The second-order valence-corrected chi connectivity index (χ2v) is 7.84. The van der Waals surface area contributed by atoms with E-state index in [1.807, 2.05) is 6.92 Å². The van der Waals surface area contributed by atoms with Crippen molar-refractivity contribution in [3.8, 4) is 0 Å². The number of nitrogens with one attached hydrogen (secondary N) is 2. The highest BCUT2D eigenvalue weighted by Gasteiger charge is 2.66. The second kappa shape index (κ2) is 8.38. The van der Waals surface area contributed by atoms with E-state index >= 15 is 0 Å². The molecule has 28 heavy (non-hydrogen) atoms. The summed E-state index contributed by atoms with van der Waals surface area (Å²) >= 11 is 0. The van der Waals surface area contributed by atoms with Crippen LogP contribution in [0.4, 0.5) is 13.2 Å². The smallest absolute Gasteiger partial charge is 0.377 e. The summed E-state index contributed by atoms with van der Waals surface area (Å²) in [6.07, 6.45) is 0.821. The van der Waals surface area contributed by atoms with Crippen LogP contribution in [-0.4, -0.2) is 31.3 Å². The fourth-order valence-electron chi connectivity index (χ4n) is 4.89. The van der Waals surface area contributed by atoms with E-state index in [1.54, 1.807) is 0 Å². The lowest BCUT2D eigenvalue weighted by Crippen LogP contribution is -2.72. The van der Waals surface area contributed by atoms with Crippen molar-refractivity contribution in [3.05, 3.63) is 35.4 Å². The van der Waals surface area contributed by atoms with E-state index in [0.717, 1.165) is 43.2 Å². The number of nitrogens with zero attached hydrogens (tertiary/aromatic N) is 1. The summed E-state index contributed by atoms with van der Waals surface area (Å²) in [6.45, 7) is 3.94. The van der Waals surface area contributed by atoms with Crippen LogP contribution in [0.25, 0.3) is 0 Å². The maximum Gasteiger partial charge on any atom is 0.416 e. The minimum atomic E-state index is -4.31. The average Bonchev–Trinajstić information content (AvgIpc) is 3.00. The van der Waals surface area contributed by atoms with E-state index in [1.165, 1.54) is 31.4 Å². The lowest BCUT2D eigenvalue weighted by atomic mass is 9.46. The molecule has 3 fully saturated rings. The van der Waals surface area contributed by atoms with Gasteiger partial charge in [0.2, 0.25) is 0 Å². The van der Waals surface area contributed by atoms with Crippen molar-refractivity contribution in [2.75, 3.05) is 13.2 Å². The topological polar surface area (TPSA) is 45.7 Å². The van der Waals surface area contributed by atoms with E-state index in [9.17, 15) is 13.2 Å². The first-order valence-corrected chi connectivity index (χ1v) is 9.76. The Kier molecular flexibility index (Phi) is 6.48. The summed E-state index contributed by atoms with van der Waals surface area (Å²) in [5, 5.41) is 6.87. The van der Waals surface area contributed by atoms with E-state index in [-0.39, 0.29) is 29.4 Å². The van der Waals surface area contributed by atoms with Gasteiger partial charge in [-0.25, -0.2) is 4.99 Å². The summed E-state index contributed by atoms with van der Waals surface area (Å²) in [7, 11) is 0. The molecule has 4 rings (SSSR count). The van der Waals surface area contributed by atoms with Crippen LogP contribution in [-0.2, 0) is 17.5 Å². The number of halogens is 4. The van der Waals surface area contributed by atoms with Gasteiger partial charge in [-0.3, -0.25) is 0 Å². The fourth-order valence-corrected chi connectivity index (χ4v) is 4.89. The molecule has 1 aromatic carbocycles. The Hall–Kier alpha value is -1.03. The van der Waals surface area contributed by atoms with Gasteiger partial charge in [0.1, 0.15) is 0 Å². The van der Waals surface area contributed by atoms with Crippen LogP contribution in [0.15, 0.2) is 29.3 Å². The maximum absolute atomic E-state index is 12.7. The Morgan fingerprint density at radius 2 is 1.96 bits per heavy atom. The molecule has 0 aromatic heterocycles. The number of benzene rings is 1. The monoisotopic (exact) mass is 509 g/mol. The third-order valence-corrected chi connectivity index (χ3v) is 6.37. The van der Waals surface area contributed by atoms with Crippen molar-refractivity contribution in [2.45, 2.75) is 57.5 Å². The standard InChI is InChI=1S/C20H26F3N3O.HI/c1-2-24-18(25-12-13-4-6-14(7-5-13)20(21,22)23)26-16-15-8-11-27-17(15)19(16)9-3-10-19;/h4-7,15-17H,2-3,8-12H2,1H3,(H2,24,25,26);1H. The van der Waals surface area contributed by atoms with Crippen molar-refractivity contribution in [1.29, 1.82) is 0 Å². The van der Waals surface area contributed by atoms with Crippen LogP contribution in [0.2, 0.25) is 0 Å². The minimum absolute atomic E-state index is 0. The molecular formula is C20H27F3IN3O. The van der Waals surface area contributed by atoms with Gasteiger partial charge in [-0.1, -0.05) is 18.6 Å². The van der Waals surface area contributed by atoms with Gasteiger partial charge in [0.05, 0.1) is 18.2 Å². The number of ether oxygens (including phenoxy) is 1.